The summed E-state index contributed by atoms with van der Waals surface area (Å²) in [4.78, 5) is 2.00. The van der Waals surface area contributed by atoms with Gasteiger partial charge in [0, 0.05) is 13.1 Å². The monoisotopic (exact) mass is 238 g/mol. The molecule has 0 aromatic carbocycles. The van der Waals surface area contributed by atoms with Crippen LogP contribution in [-0.2, 0) is 0 Å². The zero-order valence-corrected chi connectivity index (χ0v) is 9.87. The van der Waals surface area contributed by atoms with Crippen LogP contribution in [0.1, 0.15) is 18.9 Å². The lowest BCUT2D eigenvalue weighted by Crippen LogP contribution is -2.42. The second kappa shape index (κ2) is 4.28. The Kier molecular flexibility index (Phi) is 2.99. The third-order valence-corrected chi connectivity index (χ3v) is 3.94. The number of β-amino-alcohol motifs (C(OH)–C–C–N with tert-alkyl or cyclic N) is 1. The first-order valence-electron chi connectivity index (χ1n) is 5.21. The summed E-state index contributed by atoms with van der Waals surface area (Å²) >= 11 is 1.23. The summed E-state index contributed by atoms with van der Waals surface area (Å²) in [7, 11) is 0. The van der Waals surface area contributed by atoms with E-state index in [1.165, 1.54) is 11.5 Å². The van der Waals surface area contributed by atoms with Gasteiger partial charge in [0.05, 0.1) is 6.10 Å². The van der Waals surface area contributed by atoms with Crippen molar-refractivity contribution in [1.82, 2.24) is 4.37 Å². The number of nitrogens with zero attached hydrogens (tertiary/aromatic N) is 3. The molecule has 0 bridgehead atoms. The number of hydrogen-bond donors (Lipinski definition) is 2. The molecule has 1 aliphatic rings. The fourth-order valence-corrected chi connectivity index (χ4v) is 2.65. The SMILES string of the molecule is CC1CCN(c2snc(N)c2C#N)CC1O. The smallest absolute Gasteiger partial charge is 0.157 e. The van der Waals surface area contributed by atoms with Gasteiger partial charge in [-0.05, 0) is 23.9 Å². The van der Waals surface area contributed by atoms with Crippen LogP contribution in [0.2, 0.25) is 0 Å². The Morgan fingerprint density at radius 3 is 3.06 bits per heavy atom. The van der Waals surface area contributed by atoms with Crippen LogP contribution >= 0.6 is 11.5 Å². The van der Waals surface area contributed by atoms with Gasteiger partial charge < -0.3 is 15.7 Å². The number of rotatable bonds is 1. The standard InChI is InChI=1S/C10H14N4OS/c1-6-2-3-14(5-8(6)15)10-7(4-11)9(12)13-16-10/h6,8,15H,2-3,5H2,1H3,(H2,12,13). The number of aliphatic hydroxyl groups excluding tert-OH is 1. The minimum Gasteiger partial charge on any atom is -0.391 e. The molecule has 1 fully saturated rings. The number of nitrogen functional groups attached to an aromatic ring is 1. The molecule has 1 aliphatic heterocycles. The molecule has 2 unspecified atom stereocenters. The summed E-state index contributed by atoms with van der Waals surface area (Å²) in [5.74, 6) is 0.600. The fourth-order valence-electron chi connectivity index (χ4n) is 1.85. The molecular weight excluding hydrogens is 224 g/mol. The lowest BCUT2D eigenvalue weighted by molar-refractivity contribution is 0.103. The van der Waals surface area contributed by atoms with Gasteiger partial charge >= 0.3 is 0 Å². The van der Waals surface area contributed by atoms with Gasteiger partial charge in [-0.1, -0.05) is 6.92 Å². The summed E-state index contributed by atoms with van der Waals surface area (Å²) in [5.41, 5.74) is 6.04. The number of hydrogen-bond acceptors (Lipinski definition) is 6. The van der Waals surface area contributed by atoms with Crippen molar-refractivity contribution in [3.63, 3.8) is 0 Å². The Labute approximate surface area is 98.3 Å². The second-order valence-electron chi connectivity index (χ2n) is 4.14. The molecule has 2 atom stereocenters. The largest absolute Gasteiger partial charge is 0.391 e. The Balaban J connectivity index is 2.22. The van der Waals surface area contributed by atoms with E-state index >= 15 is 0 Å². The number of piperidine rings is 1. The van der Waals surface area contributed by atoms with E-state index in [0.29, 0.717) is 18.0 Å². The van der Waals surface area contributed by atoms with E-state index in [9.17, 15) is 5.11 Å². The highest BCUT2D eigenvalue weighted by Gasteiger charge is 2.27. The van der Waals surface area contributed by atoms with Gasteiger partial charge in [0.15, 0.2) is 5.82 Å². The van der Waals surface area contributed by atoms with Gasteiger partial charge in [0.25, 0.3) is 0 Å². The van der Waals surface area contributed by atoms with Crippen molar-refractivity contribution in [2.45, 2.75) is 19.4 Å². The zero-order valence-electron chi connectivity index (χ0n) is 9.05. The van der Waals surface area contributed by atoms with Gasteiger partial charge in [0.1, 0.15) is 16.6 Å². The molecule has 0 aliphatic carbocycles. The highest BCUT2D eigenvalue weighted by atomic mass is 32.1. The van der Waals surface area contributed by atoms with Gasteiger partial charge in [-0.15, -0.1) is 0 Å². The normalized spacial score (nSPS) is 25.4. The number of aromatic nitrogens is 1. The minimum absolute atomic E-state index is 0.288. The summed E-state index contributed by atoms with van der Waals surface area (Å²) in [6.45, 7) is 3.43. The second-order valence-corrected chi connectivity index (χ2v) is 4.89. The van der Waals surface area contributed by atoms with Crippen LogP contribution in [0.15, 0.2) is 0 Å². The maximum atomic E-state index is 9.81. The molecule has 1 aromatic heterocycles. The van der Waals surface area contributed by atoms with E-state index in [4.69, 9.17) is 11.0 Å². The van der Waals surface area contributed by atoms with Gasteiger partial charge in [0.2, 0.25) is 0 Å². The first-order chi connectivity index (χ1) is 7.63. The van der Waals surface area contributed by atoms with Crippen molar-refractivity contribution >= 4 is 22.4 Å². The van der Waals surface area contributed by atoms with Crippen molar-refractivity contribution in [2.75, 3.05) is 23.7 Å². The highest BCUT2D eigenvalue weighted by molar-refractivity contribution is 7.10. The van der Waals surface area contributed by atoms with Crippen molar-refractivity contribution < 1.29 is 5.11 Å². The first kappa shape index (κ1) is 11.2. The third kappa shape index (κ3) is 1.84. The van der Waals surface area contributed by atoms with E-state index < -0.39 is 0 Å². The molecule has 0 amide bonds. The Hall–Kier alpha value is -1.32. The summed E-state index contributed by atoms with van der Waals surface area (Å²) in [6, 6.07) is 2.07. The third-order valence-electron chi connectivity index (χ3n) is 3.02. The molecule has 1 saturated heterocycles. The lowest BCUT2D eigenvalue weighted by Gasteiger charge is -2.34. The van der Waals surface area contributed by atoms with E-state index in [2.05, 4.69) is 10.4 Å². The predicted molar refractivity (Wildman–Crippen MR) is 63.2 cm³/mol. The van der Waals surface area contributed by atoms with Crippen LogP contribution in [0.25, 0.3) is 0 Å². The first-order valence-corrected chi connectivity index (χ1v) is 5.99. The zero-order chi connectivity index (χ0) is 11.7. The Morgan fingerprint density at radius 1 is 1.69 bits per heavy atom. The topological polar surface area (TPSA) is 86.2 Å². The predicted octanol–water partition coefficient (Wildman–Crippen LogP) is 0.804. The molecule has 0 saturated carbocycles. The van der Waals surface area contributed by atoms with Crippen LogP contribution in [-0.4, -0.2) is 28.7 Å². The van der Waals surface area contributed by atoms with Crippen LogP contribution < -0.4 is 10.6 Å². The van der Waals surface area contributed by atoms with Crippen LogP contribution in [0, 0.1) is 17.2 Å². The van der Waals surface area contributed by atoms with Crippen molar-refractivity contribution in [3.8, 4) is 6.07 Å². The molecule has 0 spiro atoms. The lowest BCUT2D eigenvalue weighted by atomic mass is 9.96. The van der Waals surface area contributed by atoms with Crippen molar-refractivity contribution in [2.24, 2.45) is 5.92 Å². The average molecular weight is 238 g/mol. The average Bonchev–Trinajstić information content (AvgIpc) is 2.63. The number of nitriles is 1. The molecule has 2 heterocycles. The van der Waals surface area contributed by atoms with Gasteiger partial charge in [-0.3, -0.25) is 0 Å². The van der Waals surface area contributed by atoms with Crippen LogP contribution in [0.5, 0.6) is 0 Å². The summed E-state index contributed by atoms with van der Waals surface area (Å²) < 4.78 is 3.98. The quantitative estimate of drug-likeness (QED) is 0.756. The maximum Gasteiger partial charge on any atom is 0.157 e. The minimum atomic E-state index is -0.344. The van der Waals surface area contributed by atoms with E-state index in [-0.39, 0.29) is 11.9 Å². The summed E-state index contributed by atoms with van der Waals surface area (Å²) in [5, 5.41) is 19.6. The van der Waals surface area contributed by atoms with Crippen LogP contribution in [0.4, 0.5) is 10.8 Å². The molecular formula is C10H14N4OS. The molecule has 0 radical (unpaired) electrons. The van der Waals surface area contributed by atoms with Crippen molar-refractivity contribution in [3.05, 3.63) is 5.56 Å². The van der Waals surface area contributed by atoms with E-state index in [1.54, 1.807) is 0 Å². The van der Waals surface area contributed by atoms with Crippen molar-refractivity contribution in [1.29, 1.82) is 5.26 Å². The Bertz CT molecular complexity index is 425. The number of anilines is 2. The Morgan fingerprint density at radius 2 is 2.44 bits per heavy atom. The fraction of sp³-hybridized carbons (Fsp3) is 0.600. The molecule has 86 valence electrons. The number of nitrogens with two attached hydrogens (primary N) is 1. The van der Waals surface area contributed by atoms with E-state index in [0.717, 1.165) is 18.0 Å². The molecule has 16 heavy (non-hydrogen) atoms. The molecule has 1 aromatic rings. The summed E-state index contributed by atoms with van der Waals surface area (Å²) in [6.07, 6.45) is 0.577. The van der Waals surface area contributed by atoms with Gasteiger partial charge in [-0.25, -0.2) is 0 Å². The highest BCUT2D eigenvalue weighted by Crippen LogP contribution is 2.32. The van der Waals surface area contributed by atoms with Crippen LogP contribution in [0.3, 0.4) is 0 Å². The maximum absolute atomic E-state index is 9.81. The van der Waals surface area contributed by atoms with Gasteiger partial charge in [-0.2, -0.15) is 9.64 Å². The molecule has 3 N–H and O–H groups in total. The van der Waals surface area contributed by atoms with E-state index in [1.807, 2.05) is 11.8 Å². The molecule has 6 heteroatoms. The molecule has 2 rings (SSSR count). The number of aliphatic hydroxyl groups is 1. The molecule has 5 nitrogen and oxygen atoms in total.